The third-order valence-electron chi connectivity index (χ3n) is 6.25. The zero-order valence-corrected chi connectivity index (χ0v) is 18.8. The van der Waals surface area contributed by atoms with E-state index in [0.29, 0.717) is 29.0 Å². The highest BCUT2D eigenvalue weighted by Crippen LogP contribution is 2.34. The molecule has 1 aliphatic rings. The van der Waals surface area contributed by atoms with Crippen molar-refractivity contribution >= 4 is 0 Å². The fraction of sp³-hybridized carbons (Fsp3) is 0.407. The van der Waals surface area contributed by atoms with Crippen molar-refractivity contribution in [2.45, 2.75) is 64.4 Å². The smallest absolute Gasteiger partial charge is 0.167 e. The molecule has 3 nitrogen and oxygen atoms in total. The highest BCUT2D eigenvalue weighted by molar-refractivity contribution is 5.71. The van der Waals surface area contributed by atoms with E-state index in [9.17, 15) is 8.78 Å². The van der Waals surface area contributed by atoms with Crippen molar-refractivity contribution in [3.63, 3.8) is 0 Å². The van der Waals surface area contributed by atoms with E-state index in [1.165, 1.54) is 5.56 Å². The fourth-order valence-corrected chi connectivity index (χ4v) is 4.40. The minimum atomic E-state index is -0.874. The van der Waals surface area contributed by atoms with Gasteiger partial charge in [0.2, 0.25) is 0 Å². The van der Waals surface area contributed by atoms with E-state index in [2.05, 4.69) is 16.9 Å². The summed E-state index contributed by atoms with van der Waals surface area (Å²) in [4.78, 5) is 8.51. The maximum atomic E-state index is 15.0. The lowest BCUT2D eigenvalue weighted by molar-refractivity contribution is -0.00111. The molecule has 0 bridgehead atoms. The van der Waals surface area contributed by atoms with E-state index in [4.69, 9.17) is 4.74 Å². The molecule has 1 aromatic heterocycles. The number of halogens is 2. The van der Waals surface area contributed by atoms with Crippen molar-refractivity contribution in [3.05, 3.63) is 71.8 Å². The Bertz CT molecular complexity index is 1030. The Morgan fingerprint density at radius 3 is 2.06 bits per heavy atom. The minimum absolute atomic E-state index is 0.173. The summed E-state index contributed by atoms with van der Waals surface area (Å²) in [7, 11) is 0. The molecule has 1 aliphatic heterocycles. The molecule has 0 aliphatic carbocycles. The monoisotopic (exact) mass is 436 g/mol. The average molecular weight is 437 g/mol. The lowest BCUT2D eigenvalue weighted by Gasteiger charge is -2.29. The van der Waals surface area contributed by atoms with Crippen LogP contribution in [0.15, 0.2) is 48.8 Å². The van der Waals surface area contributed by atoms with Crippen molar-refractivity contribution in [3.8, 4) is 22.3 Å². The van der Waals surface area contributed by atoms with Crippen LogP contribution < -0.4 is 0 Å². The van der Waals surface area contributed by atoms with Gasteiger partial charge in [0, 0.05) is 41.4 Å². The molecule has 3 aromatic rings. The molecule has 0 amide bonds. The Hall–Kier alpha value is -2.66. The minimum Gasteiger partial charge on any atom is -0.378 e. The number of ether oxygens (including phenoxy) is 1. The topological polar surface area (TPSA) is 35.0 Å². The summed E-state index contributed by atoms with van der Waals surface area (Å²) in [5.41, 5.74) is 2.75. The van der Waals surface area contributed by atoms with E-state index in [1.807, 2.05) is 31.2 Å². The van der Waals surface area contributed by atoms with E-state index >= 15 is 0 Å². The highest BCUT2D eigenvalue weighted by Gasteiger charge is 2.23. The first-order chi connectivity index (χ1) is 15.6. The largest absolute Gasteiger partial charge is 0.378 e. The first-order valence-corrected chi connectivity index (χ1v) is 11.6. The molecule has 168 valence electrons. The summed E-state index contributed by atoms with van der Waals surface area (Å²) >= 11 is 0. The summed E-state index contributed by atoms with van der Waals surface area (Å²) < 4.78 is 35.9. The van der Waals surface area contributed by atoms with Gasteiger partial charge >= 0.3 is 0 Å². The maximum Gasteiger partial charge on any atom is 0.167 e. The molecular formula is C27H30F2N2O. The molecular weight excluding hydrogens is 406 g/mol. The first kappa shape index (κ1) is 22.5. The van der Waals surface area contributed by atoms with Gasteiger partial charge in [-0.3, -0.25) is 0 Å². The number of rotatable bonds is 7. The van der Waals surface area contributed by atoms with Crippen LogP contribution in [-0.4, -0.2) is 22.7 Å². The van der Waals surface area contributed by atoms with Crippen LogP contribution in [0.4, 0.5) is 8.78 Å². The van der Waals surface area contributed by atoms with Gasteiger partial charge in [0.05, 0.1) is 12.7 Å². The van der Waals surface area contributed by atoms with Crippen molar-refractivity contribution < 1.29 is 13.5 Å². The van der Waals surface area contributed by atoms with Crippen LogP contribution in [0.25, 0.3) is 22.3 Å². The van der Waals surface area contributed by atoms with Crippen molar-refractivity contribution in [2.24, 2.45) is 0 Å². The number of aryl methyl sites for hydroxylation is 1. The Morgan fingerprint density at radius 2 is 1.50 bits per heavy atom. The molecule has 5 heteroatoms. The van der Waals surface area contributed by atoms with Crippen LogP contribution in [0.3, 0.4) is 0 Å². The molecule has 0 N–H and O–H groups in total. The van der Waals surface area contributed by atoms with Gasteiger partial charge in [-0.1, -0.05) is 56.7 Å². The highest BCUT2D eigenvalue weighted by atomic mass is 19.2. The standard InChI is InChI=1S/C27H30F2N2O/c1-3-5-22-12-11-20(17-32-22)18-7-9-19(10-8-18)23-13-14-24(27(29)26(23)28)21-15-30-25(6-4-2)31-16-21/h7-10,13-16,20,22H,3-6,11-12,17H2,1-2H3. The van der Waals surface area contributed by atoms with Crippen molar-refractivity contribution in [1.82, 2.24) is 9.97 Å². The molecule has 2 unspecified atom stereocenters. The molecule has 0 radical (unpaired) electrons. The van der Waals surface area contributed by atoms with Gasteiger partial charge in [-0.25, -0.2) is 18.7 Å². The second kappa shape index (κ2) is 10.3. The van der Waals surface area contributed by atoms with Crippen LogP contribution >= 0.6 is 0 Å². The molecule has 1 fully saturated rings. The molecule has 1 saturated heterocycles. The summed E-state index contributed by atoms with van der Waals surface area (Å²) in [6.45, 7) is 4.95. The van der Waals surface area contributed by atoms with E-state index < -0.39 is 11.6 Å². The Morgan fingerprint density at radius 1 is 0.844 bits per heavy atom. The normalized spacial score (nSPS) is 18.6. The molecule has 2 atom stereocenters. The third-order valence-corrected chi connectivity index (χ3v) is 6.25. The Kier molecular flexibility index (Phi) is 7.26. The third kappa shape index (κ3) is 4.88. The van der Waals surface area contributed by atoms with Crippen LogP contribution in [0.2, 0.25) is 0 Å². The molecule has 0 spiro atoms. The molecule has 4 rings (SSSR count). The second-order valence-electron chi connectivity index (χ2n) is 8.57. The van der Waals surface area contributed by atoms with Gasteiger partial charge in [0.15, 0.2) is 11.6 Å². The zero-order valence-electron chi connectivity index (χ0n) is 18.8. The Balaban J connectivity index is 1.51. The van der Waals surface area contributed by atoms with E-state index in [0.717, 1.165) is 45.1 Å². The van der Waals surface area contributed by atoms with Crippen LogP contribution in [0.5, 0.6) is 0 Å². The lowest BCUT2D eigenvalue weighted by Crippen LogP contribution is -2.24. The number of benzene rings is 2. The quantitative estimate of drug-likeness (QED) is 0.396. The predicted molar refractivity (Wildman–Crippen MR) is 123 cm³/mol. The summed E-state index contributed by atoms with van der Waals surface area (Å²) in [6, 6.07) is 11.0. The van der Waals surface area contributed by atoms with Gasteiger partial charge in [0.1, 0.15) is 5.82 Å². The Labute approximate surface area is 188 Å². The molecule has 2 heterocycles. The van der Waals surface area contributed by atoms with Crippen LogP contribution in [-0.2, 0) is 11.2 Å². The maximum absolute atomic E-state index is 15.0. The van der Waals surface area contributed by atoms with Gasteiger partial charge in [0.25, 0.3) is 0 Å². The van der Waals surface area contributed by atoms with Gasteiger partial charge in [-0.2, -0.15) is 0 Å². The van der Waals surface area contributed by atoms with Crippen LogP contribution in [0.1, 0.15) is 63.3 Å². The SMILES string of the molecule is CCCc1ncc(-c2ccc(-c3ccc(C4CCC(CCC)OC4)cc3)c(F)c2F)cn1. The van der Waals surface area contributed by atoms with E-state index in [1.54, 1.807) is 24.5 Å². The summed E-state index contributed by atoms with van der Waals surface area (Å²) in [6.07, 6.45) is 9.61. The number of hydrogen-bond donors (Lipinski definition) is 0. The fourth-order valence-electron chi connectivity index (χ4n) is 4.40. The number of aromatic nitrogens is 2. The van der Waals surface area contributed by atoms with Crippen molar-refractivity contribution in [2.75, 3.05) is 6.61 Å². The second-order valence-corrected chi connectivity index (χ2v) is 8.57. The molecule has 2 aromatic carbocycles. The van der Waals surface area contributed by atoms with Crippen LogP contribution in [0, 0.1) is 11.6 Å². The lowest BCUT2D eigenvalue weighted by atomic mass is 9.89. The van der Waals surface area contributed by atoms with Gasteiger partial charge in [-0.15, -0.1) is 0 Å². The predicted octanol–water partition coefficient (Wildman–Crippen LogP) is 7.10. The first-order valence-electron chi connectivity index (χ1n) is 11.6. The van der Waals surface area contributed by atoms with E-state index in [-0.39, 0.29) is 11.1 Å². The van der Waals surface area contributed by atoms with Gasteiger partial charge in [-0.05, 0) is 36.8 Å². The number of hydrogen-bond acceptors (Lipinski definition) is 3. The molecule has 32 heavy (non-hydrogen) atoms. The van der Waals surface area contributed by atoms with Gasteiger partial charge < -0.3 is 4.74 Å². The average Bonchev–Trinajstić information content (AvgIpc) is 2.83. The number of nitrogens with zero attached hydrogens (tertiary/aromatic N) is 2. The van der Waals surface area contributed by atoms with Crippen molar-refractivity contribution in [1.29, 1.82) is 0 Å². The molecule has 0 saturated carbocycles. The zero-order chi connectivity index (χ0) is 22.5. The summed E-state index contributed by atoms with van der Waals surface area (Å²) in [5, 5.41) is 0. The summed E-state index contributed by atoms with van der Waals surface area (Å²) in [5.74, 6) is -0.660.